The molecule has 1 aromatic rings. The topological polar surface area (TPSA) is 38.7 Å². The van der Waals surface area contributed by atoms with E-state index in [0.717, 1.165) is 49.0 Å². The molecule has 130 valence electrons. The van der Waals surface area contributed by atoms with Gasteiger partial charge >= 0.3 is 0 Å². The third-order valence-electron chi connectivity index (χ3n) is 3.52. The molecule has 0 aliphatic heterocycles. The summed E-state index contributed by atoms with van der Waals surface area (Å²) >= 11 is 11.0. The number of hydrogen-bond donors (Lipinski definition) is 1. The molecule has 1 N–H and O–H groups in total. The molecular weight excluding hydrogens is 335 g/mol. The van der Waals surface area contributed by atoms with Crippen molar-refractivity contribution in [2.45, 2.75) is 46.0 Å². The van der Waals surface area contributed by atoms with E-state index in [1.165, 1.54) is 0 Å². The summed E-state index contributed by atoms with van der Waals surface area (Å²) < 4.78 is 11.6. The molecule has 0 heterocycles. The van der Waals surface area contributed by atoms with E-state index >= 15 is 0 Å². The summed E-state index contributed by atoms with van der Waals surface area (Å²) in [5.74, 6) is 1.25. The molecule has 0 amide bonds. The van der Waals surface area contributed by atoms with Gasteiger partial charge in [0, 0.05) is 6.61 Å². The number of benzene rings is 1. The standard InChI is InChI=1S/C18H26Cl2O3/c1-3-14-12-16(21)13-15(4-2)18(14)23-10-7-5-6-9-22-11-8-17(19)20/h8,12-13,21H,3-7,9-11H2,1-2H3. The number of phenolic OH excluding ortho intramolecular Hbond substituents is 1. The van der Waals surface area contributed by atoms with Gasteiger partial charge in [-0.2, -0.15) is 0 Å². The van der Waals surface area contributed by atoms with Crippen LogP contribution in [0.4, 0.5) is 0 Å². The van der Waals surface area contributed by atoms with Gasteiger partial charge in [-0.25, -0.2) is 0 Å². The number of hydrogen-bond acceptors (Lipinski definition) is 3. The maximum atomic E-state index is 9.74. The third kappa shape index (κ3) is 7.96. The Kier molecular flexibility index (Phi) is 10.2. The number of phenols is 1. The van der Waals surface area contributed by atoms with Crippen molar-refractivity contribution in [1.29, 1.82) is 0 Å². The zero-order valence-corrected chi connectivity index (χ0v) is 15.4. The van der Waals surface area contributed by atoms with Crippen LogP contribution in [-0.4, -0.2) is 24.9 Å². The molecule has 0 aliphatic rings. The van der Waals surface area contributed by atoms with Crippen LogP contribution >= 0.6 is 23.2 Å². The van der Waals surface area contributed by atoms with Crippen molar-refractivity contribution in [3.63, 3.8) is 0 Å². The fourth-order valence-electron chi connectivity index (χ4n) is 2.31. The van der Waals surface area contributed by atoms with E-state index in [-0.39, 0.29) is 4.49 Å². The summed E-state index contributed by atoms with van der Waals surface area (Å²) in [5, 5.41) is 9.74. The Labute approximate surface area is 149 Å². The molecule has 0 bridgehead atoms. The van der Waals surface area contributed by atoms with Gasteiger partial charge in [0.25, 0.3) is 0 Å². The molecule has 1 rings (SSSR count). The average Bonchev–Trinajstić information content (AvgIpc) is 2.53. The minimum absolute atomic E-state index is 0.241. The number of ether oxygens (including phenoxy) is 2. The van der Waals surface area contributed by atoms with Crippen LogP contribution in [0.2, 0.25) is 0 Å². The summed E-state index contributed by atoms with van der Waals surface area (Å²) in [6, 6.07) is 3.58. The van der Waals surface area contributed by atoms with Gasteiger partial charge < -0.3 is 14.6 Å². The quantitative estimate of drug-likeness (QED) is 0.536. The lowest BCUT2D eigenvalue weighted by Crippen LogP contribution is -2.04. The van der Waals surface area contributed by atoms with Gasteiger partial charge in [0.05, 0.1) is 13.2 Å². The van der Waals surface area contributed by atoms with Crippen LogP contribution in [0.5, 0.6) is 11.5 Å². The highest BCUT2D eigenvalue weighted by atomic mass is 35.5. The van der Waals surface area contributed by atoms with Gasteiger partial charge in [-0.05, 0) is 61.4 Å². The molecule has 0 spiro atoms. The van der Waals surface area contributed by atoms with E-state index in [1.54, 1.807) is 18.2 Å². The molecule has 0 aliphatic carbocycles. The lowest BCUT2D eigenvalue weighted by Gasteiger charge is -2.15. The van der Waals surface area contributed by atoms with Crippen molar-refractivity contribution in [3.05, 3.63) is 33.8 Å². The van der Waals surface area contributed by atoms with Crippen LogP contribution in [0.15, 0.2) is 22.7 Å². The lowest BCUT2D eigenvalue weighted by atomic mass is 10.0. The van der Waals surface area contributed by atoms with Crippen LogP contribution < -0.4 is 4.74 Å². The van der Waals surface area contributed by atoms with Crippen molar-refractivity contribution in [2.75, 3.05) is 19.8 Å². The Bertz CT molecular complexity index is 472. The molecule has 0 unspecified atom stereocenters. The predicted octanol–water partition coefficient (Wildman–Crippen LogP) is 5.40. The van der Waals surface area contributed by atoms with Crippen LogP contribution in [0, 0.1) is 0 Å². The SMILES string of the molecule is CCc1cc(O)cc(CC)c1OCCCCCOCC=C(Cl)Cl. The third-order valence-corrected chi connectivity index (χ3v) is 3.83. The number of halogens is 2. The van der Waals surface area contributed by atoms with Crippen molar-refractivity contribution >= 4 is 23.2 Å². The van der Waals surface area contributed by atoms with Crippen LogP contribution in [-0.2, 0) is 17.6 Å². The minimum Gasteiger partial charge on any atom is -0.508 e. The lowest BCUT2D eigenvalue weighted by molar-refractivity contribution is 0.155. The Hall–Kier alpha value is -0.900. The fourth-order valence-corrected chi connectivity index (χ4v) is 2.44. The summed E-state index contributed by atoms with van der Waals surface area (Å²) in [6.45, 7) is 5.96. The summed E-state index contributed by atoms with van der Waals surface area (Å²) in [7, 11) is 0. The summed E-state index contributed by atoms with van der Waals surface area (Å²) in [6.07, 6.45) is 6.33. The summed E-state index contributed by atoms with van der Waals surface area (Å²) in [4.78, 5) is 0. The van der Waals surface area contributed by atoms with E-state index < -0.39 is 0 Å². The zero-order valence-electron chi connectivity index (χ0n) is 13.9. The van der Waals surface area contributed by atoms with Gasteiger partial charge in [-0.3, -0.25) is 0 Å². The Balaban J connectivity index is 2.29. The Morgan fingerprint density at radius 2 is 1.65 bits per heavy atom. The molecule has 0 radical (unpaired) electrons. The van der Waals surface area contributed by atoms with Crippen molar-refractivity contribution < 1.29 is 14.6 Å². The van der Waals surface area contributed by atoms with Crippen molar-refractivity contribution in [1.82, 2.24) is 0 Å². The van der Waals surface area contributed by atoms with Gasteiger partial charge in [-0.1, -0.05) is 37.0 Å². The maximum Gasteiger partial charge on any atom is 0.125 e. The number of rotatable bonds is 11. The molecule has 0 aromatic heterocycles. The number of unbranched alkanes of at least 4 members (excludes halogenated alkanes) is 2. The molecule has 3 nitrogen and oxygen atoms in total. The van der Waals surface area contributed by atoms with Gasteiger partial charge in [0.15, 0.2) is 0 Å². The van der Waals surface area contributed by atoms with E-state index in [9.17, 15) is 5.11 Å². The molecule has 0 saturated heterocycles. The van der Waals surface area contributed by atoms with Crippen LogP contribution in [0.3, 0.4) is 0 Å². The molecule has 1 aromatic carbocycles. The molecule has 0 fully saturated rings. The van der Waals surface area contributed by atoms with E-state index in [4.69, 9.17) is 32.7 Å². The van der Waals surface area contributed by atoms with Crippen LogP contribution in [0.1, 0.15) is 44.2 Å². The van der Waals surface area contributed by atoms with Crippen molar-refractivity contribution in [2.24, 2.45) is 0 Å². The first-order valence-corrected chi connectivity index (χ1v) is 8.90. The second kappa shape index (κ2) is 11.6. The van der Waals surface area contributed by atoms with Crippen molar-refractivity contribution in [3.8, 4) is 11.5 Å². The van der Waals surface area contributed by atoms with Crippen LogP contribution in [0.25, 0.3) is 0 Å². The monoisotopic (exact) mass is 360 g/mol. The second-order valence-corrected chi connectivity index (χ2v) is 6.29. The highest BCUT2D eigenvalue weighted by Crippen LogP contribution is 2.30. The first kappa shape index (κ1) is 20.1. The number of aromatic hydroxyl groups is 1. The molecular formula is C18H26Cl2O3. The van der Waals surface area contributed by atoms with E-state index in [1.807, 2.05) is 0 Å². The highest BCUT2D eigenvalue weighted by Gasteiger charge is 2.10. The highest BCUT2D eigenvalue weighted by molar-refractivity contribution is 6.55. The van der Waals surface area contributed by atoms with Gasteiger partial charge in [-0.15, -0.1) is 0 Å². The van der Waals surface area contributed by atoms with Gasteiger partial charge in [0.1, 0.15) is 16.0 Å². The minimum atomic E-state index is 0.241. The zero-order chi connectivity index (χ0) is 17.1. The van der Waals surface area contributed by atoms with E-state index in [0.29, 0.717) is 25.6 Å². The normalized spacial score (nSPS) is 10.6. The number of aryl methyl sites for hydroxylation is 2. The largest absolute Gasteiger partial charge is 0.508 e. The molecule has 5 heteroatoms. The average molecular weight is 361 g/mol. The first-order valence-electron chi connectivity index (χ1n) is 8.14. The fraction of sp³-hybridized carbons (Fsp3) is 0.556. The maximum absolute atomic E-state index is 9.74. The molecule has 0 saturated carbocycles. The second-order valence-electron chi connectivity index (χ2n) is 5.28. The molecule has 23 heavy (non-hydrogen) atoms. The van der Waals surface area contributed by atoms with E-state index in [2.05, 4.69) is 13.8 Å². The summed E-state index contributed by atoms with van der Waals surface area (Å²) in [5.41, 5.74) is 2.13. The molecule has 0 atom stereocenters. The Morgan fingerprint density at radius 3 is 2.22 bits per heavy atom. The smallest absolute Gasteiger partial charge is 0.125 e. The Morgan fingerprint density at radius 1 is 1.04 bits per heavy atom. The van der Waals surface area contributed by atoms with Gasteiger partial charge in [0.2, 0.25) is 0 Å². The predicted molar refractivity (Wildman–Crippen MR) is 96.8 cm³/mol. The first-order chi connectivity index (χ1) is 11.1.